The van der Waals surface area contributed by atoms with Gasteiger partial charge in [-0.2, -0.15) is 0 Å². The van der Waals surface area contributed by atoms with Crippen LogP contribution in [0.2, 0.25) is 0 Å². The minimum atomic E-state index is -0.668. The number of benzene rings is 1. The maximum atomic E-state index is 10.5. The van der Waals surface area contributed by atoms with Gasteiger partial charge in [0.2, 0.25) is 0 Å². The Labute approximate surface area is 118 Å². The molecule has 2 aromatic rings. The van der Waals surface area contributed by atoms with Crippen molar-refractivity contribution in [3.63, 3.8) is 0 Å². The molecule has 1 saturated heterocycles. The Hall–Kier alpha value is -1.65. The quantitative estimate of drug-likeness (QED) is 0.901. The highest BCUT2D eigenvalue weighted by Gasteiger charge is 2.29. The summed E-state index contributed by atoms with van der Waals surface area (Å²) in [5, 5.41) is 15.0. The highest BCUT2D eigenvalue weighted by atomic mass is 16.5. The van der Waals surface area contributed by atoms with Gasteiger partial charge in [-0.05, 0) is 31.2 Å². The first-order valence-corrected chi connectivity index (χ1v) is 7.07. The summed E-state index contributed by atoms with van der Waals surface area (Å²) in [5.41, 5.74) is 2.35. The molecule has 20 heavy (non-hydrogen) atoms. The summed E-state index contributed by atoms with van der Waals surface area (Å²) in [5.74, 6) is 0. The molecule has 1 aromatic carbocycles. The summed E-state index contributed by atoms with van der Waals surface area (Å²) in [4.78, 5) is 4.53. The molecule has 1 aliphatic rings. The maximum Gasteiger partial charge on any atom is 0.0863 e. The van der Waals surface area contributed by atoms with Gasteiger partial charge in [0, 0.05) is 49.4 Å². The Morgan fingerprint density at radius 1 is 1.25 bits per heavy atom. The Bertz CT molecular complexity index is 606. The zero-order chi connectivity index (χ0) is 14.0. The van der Waals surface area contributed by atoms with E-state index in [2.05, 4.69) is 16.4 Å². The summed E-state index contributed by atoms with van der Waals surface area (Å²) in [6, 6.07) is 10.1. The fourth-order valence-electron chi connectivity index (χ4n) is 2.60. The van der Waals surface area contributed by atoms with E-state index in [-0.39, 0.29) is 0 Å². The molecule has 106 valence electrons. The van der Waals surface area contributed by atoms with Crippen LogP contribution in [-0.2, 0) is 4.74 Å². The van der Waals surface area contributed by atoms with Crippen LogP contribution in [0.15, 0.2) is 30.3 Å². The molecule has 0 bridgehead atoms. The summed E-state index contributed by atoms with van der Waals surface area (Å²) >= 11 is 0. The molecule has 1 fully saturated rings. The van der Waals surface area contributed by atoms with Crippen molar-refractivity contribution in [3.05, 3.63) is 36.0 Å². The summed E-state index contributed by atoms with van der Waals surface area (Å²) in [6.07, 6.45) is 1.37. The third-order valence-corrected chi connectivity index (χ3v) is 3.90. The van der Waals surface area contributed by atoms with Crippen LogP contribution in [0, 0.1) is 6.92 Å². The second-order valence-corrected chi connectivity index (χ2v) is 5.52. The first kappa shape index (κ1) is 13.3. The van der Waals surface area contributed by atoms with Crippen LogP contribution in [0.3, 0.4) is 0 Å². The van der Waals surface area contributed by atoms with Gasteiger partial charge in [-0.25, -0.2) is 0 Å². The van der Waals surface area contributed by atoms with Gasteiger partial charge in [-0.15, -0.1) is 0 Å². The number of aryl methyl sites for hydroxylation is 1. The van der Waals surface area contributed by atoms with Gasteiger partial charge in [-0.1, -0.05) is 6.07 Å². The number of rotatable bonds is 3. The standard InChI is InChI=1S/C16H20N2O2/c1-12-5-6-13-14(3-2-4-15(13)18-12)17-11-16(19)7-9-20-10-8-16/h2-6,17,19H,7-11H2,1H3. The first-order chi connectivity index (χ1) is 9.66. The maximum absolute atomic E-state index is 10.5. The molecule has 0 spiro atoms. The number of nitrogens with zero attached hydrogens (tertiary/aromatic N) is 1. The van der Waals surface area contributed by atoms with Gasteiger partial charge in [-0.3, -0.25) is 4.98 Å². The van der Waals surface area contributed by atoms with E-state index in [1.807, 2.05) is 31.2 Å². The molecule has 0 radical (unpaired) electrons. The van der Waals surface area contributed by atoms with Crippen molar-refractivity contribution in [2.75, 3.05) is 25.1 Å². The molecule has 0 aliphatic carbocycles. The van der Waals surface area contributed by atoms with Crippen molar-refractivity contribution in [1.82, 2.24) is 4.98 Å². The summed E-state index contributed by atoms with van der Waals surface area (Å²) in [7, 11) is 0. The van der Waals surface area contributed by atoms with Crippen molar-refractivity contribution in [2.45, 2.75) is 25.4 Å². The fourth-order valence-corrected chi connectivity index (χ4v) is 2.60. The van der Waals surface area contributed by atoms with Crippen LogP contribution in [-0.4, -0.2) is 35.5 Å². The fraction of sp³-hybridized carbons (Fsp3) is 0.438. The summed E-state index contributed by atoms with van der Waals surface area (Å²) in [6.45, 7) is 3.80. The molecule has 0 atom stereocenters. The van der Waals surface area contributed by atoms with E-state index in [0.717, 1.165) is 22.3 Å². The minimum absolute atomic E-state index is 0.545. The Morgan fingerprint density at radius 2 is 2.05 bits per heavy atom. The molecule has 4 heteroatoms. The predicted molar refractivity (Wildman–Crippen MR) is 80.0 cm³/mol. The van der Waals surface area contributed by atoms with E-state index in [1.165, 1.54) is 0 Å². The van der Waals surface area contributed by atoms with Gasteiger partial charge in [0.25, 0.3) is 0 Å². The number of pyridine rings is 1. The van der Waals surface area contributed by atoms with Crippen molar-refractivity contribution >= 4 is 16.6 Å². The van der Waals surface area contributed by atoms with Crippen molar-refractivity contribution in [2.24, 2.45) is 0 Å². The van der Waals surface area contributed by atoms with Gasteiger partial charge in [0.1, 0.15) is 0 Å². The highest BCUT2D eigenvalue weighted by Crippen LogP contribution is 2.25. The van der Waals surface area contributed by atoms with E-state index in [1.54, 1.807) is 0 Å². The van der Waals surface area contributed by atoms with E-state index in [4.69, 9.17) is 4.74 Å². The minimum Gasteiger partial charge on any atom is -0.388 e. The number of hydrogen-bond donors (Lipinski definition) is 2. The van der Waals surface area contributed by atoms with Gasteiger partial charge in [0.05, 0.1) is 11.1 Å². The zero-order valence-corrected chi connectivity index (χ0v) is 11.7. The number of aromatic nitrogens is 1. The van der Waals surface area contributed by atoms with Crippen LogP contribution in [0.4, 0.5) is 5.69 Å². The van der Waals surface area contributed by atoms with E-state index >= 15 is 0 Å². The molecule has 2 N–H and O–H groups in total. The number of ether oxygens (including phenoxy) is 1. The third-order valence-electron chi connectivity index (χ3n) is 3.90. The molecule has 1 aliphatic heterocycles. The monoisotopic (exact) mass is 272 g/mol. The van der Waals surface area contributed by atoms with Crippen molar-refractivity contribution < 1.29 is 9.84 Å². The topological polar surface area (TPSA) is 54.4 Å². The molecule has 2 heterocycles. The normalized spacial score (nSPS) is 18.1. The van der Waals surface area contributed by atoms with Crippen molar-refractivity contribution in [3.8, 4) is 0 Å². The Morgan fingerprint density at radius 3 is 2.85 bits per heavy atom. The number of hydrogen-bond acceptors (Lipinski definition) is 4. The third kappa shape index (κ3) is 2.76. The Kier molecular flexibility index (Phi) is 3.59. The smallest absolute Gasteiger partial charge is 0.0863 e. The molecular weight excluding hydrogens is 252 g/mol. The lowest BCUT2D eigenvalue weighted by molar-refractivity contribution is -0.0543. The summed E-state index contributed by atoms with van der Waals surface area (Å²) < 4.78 is 5.30. The Balaban J connectivity index is 1.80. The van der Waals surface area contributed by atoms with E-state index in [9.17, 15) is 5.11 Å². The average molecular weight is 272 g/mol. The largest absolute Gasteiger partial charge is 0.388 e. The molecule has 3 rings (SSSR count). The van der Waals surface area contributed by atoms with Gasteiger partial charge in [0.15, 0.2) is 0 Å². The van der Waals surface area contributed by atoms with Crippen LogP contribution >= 0.6 is 0 Å². The van der Waals surface area contributed by atoms with Gasteiger partial charge >= 0.3 is 0 Å². The van der Waals surface area contributed by atoms with E-state index < -0.39 is 5.60 Å². The second-order valence-electron chi connectivity index (χ2n) is 5.52. The highest BCUT2D eigenvalue weighted by molar-refractivity contribution is 5.91. The molecule has 0 unspecified atom stereocenters. The number of fused-ring (bicyclic) bond motifs is 1. The zero-order valence-electron chi connectivity index (χ0n) is 11.7. The molecule has 0 saturated carbocycles. The second kappa shape index (κ2) is 5.38. The predicted octanol–water partition coefficient (Wildman–Crippen LogP) is 2.50. The van der Waals surface area contributed by atoms with Gasteiger partial charge < -0.3 is 15.2 Å². The lowest BCUT2D eigenvalue weighted by atomic mass is 9.94. The SMILES string of the molecule is Cc1ccc2c(NCC3(O)CCOCC3)cccc2n1. The van der Waals surface area contributed by atoms with Crippen LogP contribution < -0.4 is 5.32 Å². The van der Waals surface area contributed by atoms with Crippen LogP contribution in [0.1, 0.15) is 18.5 Å². The van der Waals surface area contributed by atoms with Crippen LogP contribution in [0.25, 0.3) is 10.9 Å². The van der Waals surface area contributed by atoms with E-state index in [0.29, 0.717) is 32.6 Å². The van der Waals surface area contributed by atoms with Crippen LogP contribution in [0.5, 0.6) is 0 Å². The molecule has 4 nitrogen and oxygen atoms in total. The number of nitrogens with one attached hydrogen (secondary N) is 1. The average Bonchev–Trinajstić information content (AvgIpc) is 2.45. The molecular formula is C16H20N2O2. The number of aliphatic hydroxyl groups is 1. The molecule has 1 aromatic heterocycles. The van der Waals surface area contributed by atoms with Crippen molar-refractivity contribution in [1.29, 1.82) is 0 Å². The lowest BCUT2D eigenvalue weighted by Gasteiger charge is -2.32. The molecule has 0 amide bonds. The first-order valence-electron chi connectivity index (χ1n) is 7.07. The number of anilines is 1. The lowest BCUT2D eigenvalue weighted by Crippen LogP contribution is -2.42.